The molecule has 0 aliphatic rings. The Hall–Kier alpha value is -6.58. The number of carbonyl (C=O) groups is 4. The van der Waals surface area contributed by atoms with Gasteiger partial charge in [0.2, 0.25) is 0 Å². The molecular weight excluding hydrogens is 604 g/mol. The standard InChI is InChI=1S/C15H13N3O6.C15H15N3O4/c1-23-14(19)10-4-3-8(6-12(10)18(21)22)9-5-11(16)13(17-7-9)15(20)24-2;1-21-14(19)10-4-3-8(5-11(10)16)9-6-12(17)13(18-7-9)15(20)22-2/h3-7H,16H2,1-2H3;3-7H,16-17H2,1-2H3. The number of nitro benzene ring substituents is 1. The zero-order valence-electron chi connectivity index (χ0n) is 24.9. The van der Waals surface area contributed by atoms with E-state index < -0.39 is 34.5 Å². The first-order valence-electron chi connectivity index (χ1n) is 12.9. The van der Waals surface area contributed by atoms with Crippen molar-refractivity contribution in [2.75, 3.05) is 45.6 Å². The summed E-state index contributed by atoms with van der Waals surface area (Å²) < 4.78 is 18.3. The summed E-state index contributed by atoms with van der Waals surface area (Å²) in [4.78, 5) is 64.4. The molecular formula is C30H28N6O10. The van der Waals surface area contributed by atoms with E-state index in [2.05, 4.69) is 28.9 Å². The fourth-order valence-electron chi connectivity index (χ4n) is 4.00. The number of nitrogens with zero attached hydrogens (tertiary/aromatic N) is 3. The van der Waals surface area contributed by atoms with Gasteiger partial charge >= 0.3 is 23.9 Å². The molecule has 0 aliphatic heterocycles. The maximum Gasteiger partial charge on any atom is 0.358 e. The Labute approximate surface area is 261 Å². The molecule has 0 saturated carbocycles. The number of aromatic nitrogens is 2. The molecule has 0 radical (unpaired) electrons. The highest BCUT2D eigenvalue weighted by atomic mass is 16.6. The summed E-state index contributed by atoms with van der Waals surface area (Å²) in [5.41, 5.74) is 19.9. The summed E-state index contributed by atoms with van der Waals surface area (Å²) in [6, 6.07) is 11.9. The van der Waals surface area contributed by atoms with Crippen LogP contribution in [0.4, 0.5) is 22.7 Å². The van der Waals surface area contributed by atoms with E-state index in [9.17, 15) is 29.3 Å². The van der Waals surface area contributed by atoms with Gasteiger partial charge in [-0.15, -0.1) is 0 Å². The molecule has 0 saturated heterocycles. The molecule has 0 bridgehead atoms. The van der Waals surface area contributed by atoms with Crippen molar-refractivity contribution >= 4 is 46.6 Å². The number of hydrogen-bond donors (Lipinski definition) is 3. The molecule has 0 amide bonds. The SMILES string of the molecule is COC(=O)c1ccc(-c2cnc(C(=O)OC)c(N)c2)cc1N.COC(=O)c1ccc(-c2cnc(C(=O)OC)c(N)c2)cc1[N+](=O)[O-]. The lowest BCUT2D eigenvalue weighted by atomic mass is 10.0. The molecule has 16 nitrogen and oxygen atoms in total. The number of hydrogen-bond acceptors (Lipinski definition) is 15. The Morgan fingerprint density at radius 2 is 0.978 bits per heavy atom. The van der Waals surface area contributed by atoms with Crippen molar-refractivity contribution < 1.29 is 43.0 Å². The third kappa shape index (κ3) is 7.49. The molecule has 2 heterocycles. The normalized spacial score (nSPS) is 10.1. The first-order chi connectivity index (χ1) is 21.9. The van der Waals surface area contributed by atoms with Crippen LogP contribution in [0.1, 0.15) is 41.7 Å². The summed E-state index contributed by atoms with van der Waals surface area (Å²) >= 11 is 0. The number of esters is 4. The van der Waals surface area contributed by atoms with Gasteiger partial charge in [0, 0.05) is 35.3 Å². The Morgan fingerprint density at radius 3 is 1.37 bits per heavy atom. The summed E-state index contributed by atoms with van der Waals surface area (Å²) in [7, 11) is 4.87. The highest BCUT2D eigenvalue weighted by molar-refractivity contribution is 5.97. The van der Waals surface area contributed by atoms with E-state index in [-0.39, 0.29) is 39.6 Å². The zero-order chi connectivity index (χ0) is 34.1. The Morgan fingerprint density at radius 1 is 0.587 bits per heavy atom. The molecule has 0 atom stereocenters. The van der Waals surface area contributed by atoms with Crippen molar-refractivity contribution in [3.8, 4) is 22.3 Å². The number of rotatable bonds is 7. The van der Waals surface area contributed by atoms with Crippen molar-refractivity contribution in [3.05, 3.63) is 93.6 Å². The number of nitrogens with two attached hydrogens (primary N) is 3. The van der Waals surface area contributed by atoms with Gasteiger partial charge in [-0.1, -0.05) is 12.1 Å². The highest BCUT2D eigenvalue weighted by Crippen LogP contribution is 2.29. The van der Waals surface area contributed by atoms with Gasteiger partial charge in [-0.05, 0) is 41.5 Å². The average Bonchev–Trinajstić information content (AvgIpc) is 3.06. The second kappa shape index (κ2) is 14.7. The van der Waals surface area contributed by atoms with Crippen LogP contribution in [-0.2, 0) is 18.9 Å². The van der Waals surface area contributed by atoms with Crippen LogP contribution in [0.2, 0.25) is 0 Å². The Bertz CT molecular complexity index is 1780. The average molecular weight is 633 g/mol. The van der Waals surface area contributed by atoms with E-state index in [0.717, 1.165) is 7.11 Å². The van der Waals surface area contributed by atoms with Gasteiger partial charge < -0.3 is 36.1 Å². The van der Waals surface area contributed by atoms with E-state index in [1.807, 2.05) is 0 Å². The second-order valence-electron chi connectivity index (χ2n) is 9.08. The molecule has 46 heavy (non-hydrogen) atoms. The van der Waals surface area contributed by atoms with Crippen LogP contribution in [0.3, 0.4) is 0 Å². The number of ether oxygens (including phenoxy) is 4. The predicted octanol–water partition coefficient (Wildman–Crippen LogP) is 3.30. The van der Waals surface area contributed by atoms with E-state index in [1.165, 1.54) is 58.0 Å². The number of methoxy groups -OCH3 is 4. The minimum Gasteiger partial charge on any atom is -0.465 e. The van der Waals surface area contributed by atoms with Gasteiger partial charge in [-0.3, -0.25) is 10.1 Å². The van der Waals surface area contributed by atoms with E-state index >= 15 is 0 Å². The van der Waals surface area contributed by atoms with Gasteiger partial charge in [0.1, 0.15) is 5.56 Å². The Kier molecular flexibility index (Phi) is 10.9. The second-order valence-corrected chi connectivity index (χ2v) is 9.08. The van der Waals surface area contributed by atoms with Crippen molar-refractivity contribution in [2.45, 2.75) is 0 Å². The molecule has 2 aromatic carbocycles. The maximum absolute atomic E-state index is 11.6. The zero-order valence-corrected chi connectivity index (χ0v) is 24.9. The minimum atomic E-state index is -0.813. The van der Waals surface area contributed by atoms with Gasteiger partial charge in [0.25, 0.3) is 5.69 Å². The lowest BCUT2D eigenvalue weighted by Crippen LogP contribution is -2.08. The van der Waals surface area contributed by atoms with Gasteiger partial charge in [0.05, 0.1) is 50.3 Å². The predicted molar refractivity (Wildman–Crippen MR) is 165 cm³/mol. The van der Waals surface area contributed by atoms with E-state index in [4.69, 9.17) is 17.2 Å². The quantitative estimate of drug-likeness (QED) is 0.0868. The number of pyridine rings is 2. The minimum absolute atomic E-state index is 0.0467. The molecule has 2 aromatic heterocycles. The van der Waals surface area contributed by atoms with Crippen molar-refractivity contribution in [2.24, 2.45) is 0 Å². The fraction of sp³-hybridized carbons (Fsp3) is 0.133. The summed E-state index contributed by atoms with van der Waals surface area (Å²) in [6.07, 6.45) is 2.81. The van der Waals surface area contributed by atoms with Crippen LogP contribution in [0.25, 0.3) is 22.3 Å². The fourth-order valence-corrected chi connectivity index (χ4v) is 4.00. The molecule has 0 fully saturated rings. The molecule has 0 unspecified atom stereocenters. The highest BCUT2D eigenvalue weighted by Gasteiger charge is 2.22. The lowest BCUT2D eigenvalue weighted by molar-refractivity contribution is -0.385. The van der Waals surface area contributed by atoms with Crippen LogP contribution in [0.15, 0.2) is 60.9 Å². The number of anilines is 3. The van der Waals surface area contributed by atoms with Crippen LogP contribution in [-0.4, -0.2) is 67.2 Å². The van der Waals surface area contributed by atoms with Gasteiger partial charge in [-0.2, -0.15) is 0 Å². The third-order valence-corrected chi connectivity index (χ3v) is 6.32. The molecule has 4 aromatic rings. The Balaban J connectivity index is 0.000000251. The van der Waals surface area contributed by atoms with Crippen LogP contribution >= 0.6 is 0 Å². The first-order valence-corrected chi connectivity index (χ1v) is 12.9. The first kappa shape index (κ1) is 33.9. The number of nitrogen functional groups attached to an aromatic ring is 3. The van der Waals surface area contributed by atoms with Crippen LogP contribution in [0.5, 0.6) is 0 Å². The molecule has 238 valence electrons. The van der Waals surface area contributed by atoms with E-state index in [1.54, 1.807) is 24.3 Å². The molecule has 16 heteroatoms. The van der Waals surface area contributed by atoms with Crippen LogP contribution < -0.4 is 17.2 Å². The summed E-state index contributed by atoms with van der Waals surface area (Å²) in [5.74, 6) is -2.62. The van der Waals surface area contributed by atoms with E-state index in [0.29, 0.717) is 22.3 Å². The summed E-state index contributed by atoms with van der Waals surface area (Å²) in [6.45, 7) is 0. The lowest BCUT2D eigenvalue weighted by Gasteiger charge is -2.09. The molecule has 4 rings (SSSR count). The summed E-state index contributed by atoms with van der Waals surface area (Å²) in [5, 5.41) is 11.2. The van der Waals surface area contributed by atoms with Gasteiger partial charge in [-0.25, -0.2) is 29.1 Å². The van der Waals surface area contributed by atoms with Crippen molar-refractivity contribution in [3.63, 3.8) is 0 Å². The van der Waals surface area contributed by atoms with Crippen molar-refractivity contribution in [1.82, 2.24) is 9.97 Å². The number of benzene rings is 2. The third-order valence-electron chi connectivity index (χ3n) is 6.32. The van der Waals surface area contributed by atoms with Crippen molar-refractivity contribution in [1.29, 1.82) is 0 Å². The van der Waals surface area contributed by atoms with Crippen LogP contribution in [0, 0.1) is 10.1 Å². The number of carbonyl (C=O) groups excluding carboxylic acids is 4. The molecule has 6 N–H and O–H groups in total. The maximum atomic E-state index is 11.6. The topological polar surface area (TPSA) is 252 Å². The molecule has 0 aliphatic carbocycles. The van der Waals surface area contributed by atoms with Gasteiger partial charge in [0.15, 0.2) is 11.4 Å². The smallest absolute Gasteiger partial charge is 0.358 e. The number of nitro groups is 1. The monoisotopic (exact) mass is 632 g/mol. The molecule has 0 spiro atoms. The largest absolute Gasteiger partial charge is 0.465 e.